The Bertz CT molecular complexity index is 649. The molecule has 0 bridgehead atoms. The number of carbonyl (C=O) groups excluding carboxylic acids is 2. The van der Waals surface area contributed by atoms with Crippen LogP contribution in [0.1, 0.15) is 49.1 Å². The van der Waals surface area contributed by atoms with Crippen LogP contribution in [0.25, 0.3) is 0 Å². The molecule has 2 amide bonds. The topological polar surface area (TPSA) is 92.2 Å². The minimum absolute atomic E-state index is 0.0261. The number of rotatable bonds is 4. The summed E-state index contributed by atoms with van der Waals surface area (Å²) < 4.78 is 1.84. The predicted octanol–water partition coefficient (Wildman–Crippen LogP) is 0.189. The number of aromatic nitrogens is 3. The van der Waals surface area contributed by atoms with Gasteiger partial charge in [-0.2, -0.15) is 0 Å². The van der Waals surface area contributed by atoms with Crippen molar-refractivity contribution in [1.82, 2.24) is 30.5 Å². The van der Waals surface area contributed by atoms with E-state index in [4.69, 9.17) is 0 Å². The molecule has 2 saturated heterocycles. The second-order valence-corrected chi connectivity index (χ2v) is 7.58. The molecule has 0 aromatic carbocycles. The molecule has 2 N–H and O–H groups in total. The lowest BCUT2D eigenvalue weighted by atomic mass is 9.98. The molecule has 8 heteroatoms. The summed E-state index contributed by atoms with van der Waals surface area (Å²) in [4.78, 5) is 26.1. The third-order valence-electron chi connectivity index (χ3n) is 5.68. The number of nitrogens with one attached hydrogen (secondary N) is 2. The first-order valence-electron chi connectivity index (χ1n) is 9.30. The van der Waals surface area contributed by atoms with Crippen LogP contribution in [0.3, 0.4) is 0 Å². The van der Waals surface area contributed by atoms with Gasteiger partial charge in [0.15, 0.2) is 5.69 Å². The molecule has 3 fully saturated rings. The zero-order valence-corrected chi connectivity index (χ0v) is 14.6. The summed E-state index contributed by atoms with van der Waals surface area (Å²) in [7, 11) is 0. The summed E-state index contributed by atoms with van der Waals surface area (Å²) in [5, 5.41) is 14.7. The van der Waals surface area contributed by atoms with E-state index in [-0.39, 0.29) is 17.9 Å². The SMILES string of the molecule is CC(=O)N[C@H]1CN(C(=O)c2cn(C3CCNCC3)nn2)C[C@@H]1C1CC1. The molecule has 25 heavy (non-hydrogen) atoms. The van der Waals surface area contributed by atoms with E-state index >= 15 is 0 Å². The molecular weight excluding hydrogens is 320 g/mol. The van der Waals surface area contributed by atoms with Crippen molar-refractivity contribution in [3.63, 3.8) is 0 Å². The molecule has 8 nitrogen and oxygen atoms in total. The molecule has 136 valence electrons. The van der Waals surface area contributed by atoms with Crippen molar-refractivity contribution in [1.29, 1.82) is 0 Å². The standard InChI is InChI=1S/C17H26N6O2/c1-11(24)19-15-9-22(8-14(15)12-2-3-12)17(25)16-10-23(21-20-16)13-4-6-18-7-5-13/h10,12-15,18H,2-9H2,1H3,(H,19,24)/t14-,15+/m1/s1. The third-order valence-corrected chi connectivity index (χ3v) is 5.68. The van der Waals surface area contributed by atoms with Crippen LogP contribution >= 0.6 is 0 Å². The Hall–Kier alpha value is -1.96. The molecule has 0 radical (unpaired) electrons. The fourth-order valence-electron chi connectivity index (χ4n) is 4.20. The highest BCUT2D eigenvalue weighted by Gasteiger charge is 2.44. The van der Waals surface area contributed by atoms with Crippen LogP contribution in [0.5, 0.6) is 0 Å². The summed E-state index contributed by atoms with van der Waals surface area (Å²) in [5.74, 6) is 0.910. The Balaban J connectivity index is 1.43. The molecule has 2 aliphatic heterocycles. The van der Waals surface area contributed by atoms with Crippen LogP contribution in [0.15, 0.2) is 6.20 Å². The quantitative estimate of drug-likeness (QED) is 0.812. The van der Waals surface area contributed by atoms with E-state index in [1.54, 1.807) is 13.1 Å². The highest BCUT2D eigenvalue weighted by molar-refractivity contribution is 5.92. The molecule has 2 atom stereocenters. The fourth-order valence-corrected chi connectivity index (χ4v) is 4.20. The maximum absolute atomic E-state index is 12.8. The Morgan fingerprint density at radius 1 is 1.20 bits per heavy atom. The first-order chi connectivity index (χ1) is 12.1. The lowest BCUT2D eigenvalue weighted by Gasteiger charge is -2.22. The molecule has 3 aliphatic rings. The van der Waals surface area contributed by atoms with Gasteiger partial charge in [0.05, 0.1) is 18.3 Å². The third kappa shape index (κ3) is 3.53. The van der Waals surface area contributed by atoms with Crippen LogP contribution < -0.4 is 10.6 Å². The van der Waals surface area contributed by atoms with Crippen molar-refractivity contribution in [2.45, 2.75) is 44.7 Å². The monoisotopic (exact) mass is 346 g/mol. The number of likely N-dealkylation sites (tertiary alicyclic amines) is 1. The lowest BCUT2D eigenvalue weighted by molar-refractivity contribution is -0.119. The van der Waals surface area contributed by atoms with Gasteiger partial charge in [-0.15, -0.1) is 5.10 Å². The van der Waals surface area contributed by atoms with Crippen molar-refractivity contribution in [2.75, 3.05) is 26.2 Å². The first kappa shape index (κ1) is 16.5. The van der Waals surface area contributed by atoms with Gasteiger partial charge < -0.3 is 15.5 Å². The molecule has 1 aromatic rings. The van der Waals surface area contributed by atoms with Gasteiger partial charge >= 0.3 is 0 Å². The predicted molar refractivity (Wildman–Crippen MR) is 90.9 cm³/mol. The highest BCUT2D eigenvalue weighted by atomic mass is 16.2. The van der Waals surface area contributed by atoms with E-state index < -0.39 is 0 Å². The molecule has 1 aliphatic carbocycles. The Morgan fingerprint density at radius 2 is 1.96 bits per heavy atom. The average Bonchev–Trinajstić information content (AvgIpc) is 3.18. The van der Waals surface area contributed by atoms with Crippen molar-refractivity contribution < 1.29 is 9.59 Å². The van der Waals surface area contributed by atoms with E-state index in [0.29, 0.717) is 36.7 Å². The summed E-state index contributed by atoms with van der Waals surface area (Å²) in [5.41, 5.74) is 0.413. The number of nitrogens with zero attached hydrogens (tertiary/aromatic N) is 4. The number of piperidine rings is 1. The molecule has 1 saturated carbocycles. The summed E-state index contributed by atoms with van der Waals surface area (Å²) in [6.07, 6.45) is 6.21. The molecule has 1 aromatic heterocycles. The highest BCUT2D eigenvalue weighted by Crippen LogP contribution is 2.41. The number of hydrogen-bond donors (Lipinski definition) is 2. The van der Waals surface area contributed by atoms with Crippen LogP contribution in [0.2, 0.25) is 0 Å². The lowest BCUT2D eigenvalue weighted by Crippen LogP contribution is -2.40. The van der Waals surface area contributed by atoms with Gasteiger partial charge in [-0.3, -0.25) is 9.59 Å². The first-order valence-corrected chi connectivity index (χ1v) is 9.30. The van der Waals surface area contributed by atoms with Crippen molar-refractivity contribution in [2.24, 2.45) is 11.8 Å². The zero-order chi connectivity index (χ0) is 17.4. The second kappa shape index (κ2) is 6.74. The van der Waals surface area contributed by atoms with Crippen molar-refractivity contribution >= 4 is 11.8 Å². The number of carbonyl (C=O) groups is 2. The average molecular weight is 346 g/mol. The van der Waals surface area contributed by atoms with Crippen molar-refractivity contribution in [3.05, 3.63) is 11.9 Å². The van der Waals surface area contributed by atoms with Gasteiger partial charge in [0.25, 0.3) is 5.91 Å². The van der Waals surface area contributed by atoms with E-state index in [1.165, 1.54) is 12.8 Å². The Labute approximate surface area is 147 Å². The van der Waals surface area contributed by atoms with E-state index in [9.17, 15) is 9.59 Å². The van der Waals surface area contributed by atoms with E-state index in [1.807, 2.05) is 9.58 Å². The number of hydrogen-bond acceptors (Lipinski definition) is 5. The van der Waals surface area contributed by atoms with Gasteiger partial charge in [0.1, 0.15) is 0 Å². The summed E-state index contributed by atoms with van der Waals surface area (Å²) in [6, 6.07) is 0.383. The largest absolute Gasteiger partial charge is 0.351 e. The minimum atomic E-state index is -0.0707. The zero-order valence-electron chi connectivity index (χ0n) is 14.6. The van der Waals surface area contributed by atoms with Crippen LogP contribution in [-0.2, 0) is 4.79 Å². The summed E-state index contributed by atoms with van der Waals surface area (Å²) >= 11 is 0. The van der Waals surface area contributed by atoms with Crippen LogP contribution in [-0.4, -0.2) is 63.9 Å². The van der Waals surface area contributed by atoms with Crippen molar-refractivity contribution in [3.8, 4) is 0 Å². The Morgan fingerprint density at radius 3 is 2.64 bits per heavy atom. The van der Waals surface area contributed by atoms with E-state index in [2.05, 4.69) is 20.9 Å². The van der Waals surface area contributed by atoms with Gasteiger partial charge in [0, 0.05) is 25.9 Å². The smallest absolute Gasteiger partial charge is 0.276 e. The second-order valence-electron chi connectivity index (χ2n) is 7.58. The van der Waals surface area contributed by atoms with Gasteiger partial charge in [-0.05, 0) is 44.7 Å². The van der Waals surface area contributed by atoms with Crippen LogP contribution in [0.4, 0.5) is 0 Å². The maximum atomic E-state index is 12.8. The molecular formula is C17H26N6O2. The molecule has 4 rings (SSSR count). The molecule has 0 unspecified atom stereocenters. The Kier molecular flexibility index (Phi) is 4.45. The number of amides is 2. The van der Waals surface area contributed by atoms with Crippen LogP contribution in [0, 0.1) is 11.8 Å². The summed E-state index contributed by atoms with van der Waals surface area (Å²) in [6.45, 7) is 4.76. The van der Waals surface area contributed by atoms with Gasteiger partial charge in [-0.25, -0.2) is 4.68 Å². The van der Waals surface area contributed by atoms with Gasteiger partial charge in [-0.1, -0.05) is 5.21 Å². The van der Waals surface area contributed by atoms with Gasteiger partial charge in [0.2, 0.25) is 5.91 Å². The molecule has 3 heterocycles. The normalized spacial score (nSPS) is 27.5. The van der Waals surface area contributed by atoms with E-state index in [0.717, 1.165) is 25.9 Å². The molecule has 0 spiro atoms. The minimum Gasteiger partial charge on any atom is -0.351 e. The fraction of sp³-hybridized carbons (Fsp3) is 0.765. The maximum Gasteiger partial charge on any atom is 0.276 e.